The van der Waals surface area contributed by atoms with Gasteiger partial charge in [-0.25, -0.2) is 4.98 Å². The molecule has 1 atom stereocenters. The molecule has 3 rings (SSSR count). The van der Waals surface area contributed by atoms with E-state index in [1.165, 1.54) is 11.6 Å². The molecule has 1 unspecified atom stereocenters. The minimum atomic E-state index is -0.645. The molecule has 0 aliphatic carbocycles. The van der Waals surface area contributed by atoms with Crippen molar-refractivity contribution >= 4 is 11.7 Å². The Morgan fingerprint density at radius 3 is 2.81 bits per heavy atom. The standard InChI is InChI=1S/C16H15N2O3/c1-12-5-7-13(8-6-12)20-10-14-16(19)18(11-21-14)15-4-2-3-9-17-15/h2-9,11,14H,10H2,1H3/q-1. The first-order valence-electron chi connectivity index (χ1n) is 6.66. The predicted octanol–water partition coefficient (Wildman–Crippen LogP) is 2.32. The minimum absolute atomic E-state index is 0.168. The third-order valence-corrected chi connectivity index (χ3v) is 3.16. The summed E-state index contributed by atoms with van der Waals surface area (Å²) >= 11 is 0. The summed E-state index contributed by atoms with van der Waals surface area (Å²) in [4.78, 5) is 17.7. The summed E-state index contributed by atoms with van der Waals surface area (Å²) in [6.45, 7) is 3.56. The van der Waals surface area contributed by atoms with Crippen LogP contribution < -0.4 is 9.64 Å². The summed E-state index contributed by atoms with van der Waals surface area (Å²) in [5, 5.41) is 0. The number of nitrogens with zero attached hydrogens (tertiary/aromatic N) is 2. The van der Waals surface area contributed by atoms with Crippen molar-refractivity contribution in [2.45, 2.75) is 13.0 Å². The number of ether oxygens (including phenoxy) is 2. The molecule has 0 bridgehead atoms. The first-order valence-corrected chi connectivity index (χ1v) is 6.66. The number of rotatable bonds is 4. The summed E-state index contributed by atoms with van der Waals surface area (Å²) in [5.74, 6) is 1.08. The molecule has 0 radical (unpaired) electrons. The molecule has 1 amide bonds. The van der Waals surface area contributed by atoms with Gasteiger partial charge in [0.15, 0.2) is 0 Å². The SMILES string of the molecule is Cc1ccc(OCC2O[CH-]N(c3ccccn3)C2=O)cc1. The van der Waals surface area contributed by atoms with Gasteiger partial charge in [-0.3, -0.25) is 4.79 Å². The summed E-state index contributed by atoms with van der Waals surface area (Å²) in [7, 11) is 0. The number of pyridine rings is 1. The van der Waals surface area contributed by atoms with E-state index < -0.39 is 6.10 Å². The molecule has 0 N–H and O–H groups in total. The molecule has 108 valence electrons. The second-order valence-corrected chi connectivity index (χ2v) is 4.75. The lowest BCUT2D eigenvalue weighted by Gasteiger charge is -2.21. The van der Waals surface area contributed by atoms with Crippen LogP contribution in [0.15, 0.2) is 48.7 Å². The van der Waals surface area contributed by atoms with Crippen LogP contribution in [-0.2, 0) is 9.53 Å². The summed E-state index contributed by atoms with van der Waals surface area (Å²) in [6.07, 6.45) is 0.986. The van der Waals surface area contributed by atoms with Crippen molar-refractivity contribution in [3.63, 3.8) is 0 Å². The third-order valence-electron chi connectivity index (χ3n) is 3.16. The Morgan fingerprint density at radius 1 is 1.29 bits per heavy atom. The first-order chi connectivity index (χ1) is 10.2. The second-order valence-electron chi connectivity index (χ2n) is 4.75. The van der Waals surface area contributed by atoms with E-state index in [4.69, 9.17) is 9.47 Å². The van der Waals surface area contributed by atoms with Crippen LogP contribution in [0.5, 0.6) is 5.75 Å². The van der Waals surface area contributed by atoms with Crippen LogP contribution >= 0.6 is 0 Å². The smallest absolute Gasteiger partial charge is 0.230 e. The number of carbonyl (C=O) groups is 1. The molecule has 1 aromatic carbocycles. The third kappa shape index (κ3) is 3.03. The number of carbonyl (C=O) groups excluding carboxylic acids is 1. The maximum atomic E-state index is 12.2. The minimum Gasteiger partial charge on any atom is -0.519 e. The van der Waals surface area contributed by atoms with Gasteiger partial charge in [0.2, 0.25) is 5.91 Å². The molecule has 0 saturated carbocycles. The summed E-state index contributed by atoms with van der Waals surface area (Å²) < 4.78 is 11.0. The molecule has 5 nitrogen and oxygen atoms in total. The zero-order valence-electron chi connectivity index (χ0n) is 11.6. The summed E-state index contributed by atoms with van der Waals surface area (Å²) in [6, 6.07) is 13.0. The normalized spacial score (nSPS) is 18.0. The van der Waals surface area contributed by atoms with Crippen molar-refractivity contribution in [2.75, 3.05) is 11.5 Å². The van der Waals surface area contributed by atoms with Crippen molar-refractivity contribution in [3.05, 3.63) is 61.0 Å². The van der Waals surface area contributed by atoms with E-state index in [9.17, 15) is 4.79 Å². The fourth-order valence-corrected chi connectivity index (χ4v) is 1.98. The molecule has 2 heterocycles. The fourth-order valence-electron chi connectivity index (χ4n) is 1.98. The van der Waals surface area contributed by atoms with Gasteiger partial charge in [-0.05, 0) is 31.2 Å². The summed E-state index contributed by atoms with van der Waals surface area (Å²) in [5.41, 5.74) is 1.16. The maximum Gasteiger partial charge on any atom is 0.230 e. The van der Waals surface area contributed by atoms with E-state index in [1.807, 2.05) is 37.3 Å². The van der Waals surface area contributed by atoms with Crippen molar-refractivity contribution in [3.8, 4) is 5.75 Å². The number of aromatic nitrogens is 1. The molecule has 5 heteroatoms. The number of amides is 1. The van der Waals surface area contributed by atoms with Crippen molar-refractivity contribution in [1.82, 2.24) is 4.98 Å². The molecule has 1 aliphatic heterocycles. The number of hydrogen-bond donors (Lipinski definition) is 0. The lowest BCUT2D eigenvalue weighted by molar-refractivity contribution is -0.123. The van der Waals surface area contributed by atoms with Crippen molar-refractivity contribution < 1.29 is 14.3 Å². The lowest BCUT2D eigenvalue weighted by Crippen LogP contribution is -2.32. The van der Waals surface area contributed by atoms with Gasteiger partial charge in [0, 0.05) is 6.20 Å². The molecule has 1 aliphatic rings. The fraction of sp³-hybridized carbons (Fsp3) is 0.188. The molecular weight excluding hydrogens is 268 g/mol. The second kappa shape index (κ2) is 5.93. The Balaban J connectivity index is 1.61. The zero-order chi connectivity index (χ0) is 14.7. The highest BCUT2D eigenvalue weighted by Gasteiger charge is 2.27. The van der Waals surface area contributed by atoms with Gasteiger partial charge in [-0.15, -0.1) is 6.73 Å². The number of anilines is 1. The van der Waals surface area contributed by atoms with Crippen LogP contribution in [0.2, 0.25) is 0 Å². The molecule has 21 heavy (non-hydrogen) atoms. The first kappa shape index (κ1) is 13.6. The molecular formula is C16H15N2O3-. The number of hydrogen-bond acceptors (Lipinski definition) is 4. The highest BCUT2D eigenvalue weighted by atomic mass is 16.6. The van der Waals surface area contributed by atoms with Crippen molar-refractivity contribution in [2.24, 2.45) is 0 Å². The van der Waals surface area contributed by atoms with Crippen molar-refractivity contribution in [1.29, 1.82) is 0 Å². The Morgan fingerprint density at radius 2 is 2.10 bits per heavy atom. The molecule has 2 aromatic rings. The van der Waals surface area contributed by atoms with Gasteiger partial charge in [-0.1, -0.05) is 23.8 Å². The maximum absolute atomic E-state index is 12.2. The van der Waals surface area contributed by atoms with Gasteiger partial charge in [-0.2, -0.15) is 0 Å². The largest absolute Gasteiger partial charge is 0.519 e. The number of benzene rings is 1. The number of aryl methyl sites for hydroxylation is 1. The highest BCUT2D eigenvalue weighted by molar-refractivity contribution is 5.98. The van der Waals surface area contributed by atoms with Crippen LogP contribution in [0.25, 0.3) is 0 Å². The Kier molecular flexibility index (Phi) is 3.83. The van der Waals surface area contributed by atoms with Crippen LogP contribution in [0, 0.1) is 13.7 Å². The van der Waals surface area contributed by atoms with E-state index in [1.54, 1.807) is 18.3 Å². The lowest BCUT2D eigenvalue weighted by atomic mass is 10.2. The van der Waals surface area contributed by atoms with Crippen LogP contribution in [0.4, 0.5) is 5.82 Å². The predicted molar refractivity (Wildman–Crippen MR) is 77.6 cm³/mol. The average Bonchev–Trinajstić information content (AvgIpc) is 2.89. The molecule has 0 spiro atoms. The van der Waals surface area contributed by atoms with E-state index in [-0.39, 0.29) is 12.5 Å². The zero-order valence-corrected chi connectivity index (χ0v) is 11.6. The van der Waals surface area contributed by atoms with E-state index in [0.29, 0.717) is 11.6 Å². The van der Waals surface area contributed by atoms with Crippen LogP contribution in [0.1, 0.15) is 5.56 Å². The van der Waals surface area contributed by atoms with E-state index in [2.05, 4.69) is 4.98 Å². The quantitative estimate of drug-likeness (QED) is 0.808. The van der Waals surface area contributed by atoms with E-state index in [0.717, 1.165) is 5.56 Å². The van der Waals surface area contributed by atoms with Gasteiger partial charge >= 0.3 is 0 Å². The monoisotopic (exact) mass is 283 g/mol. The van der Waals surface area contributed by atoms with Gasteiger partial charge in [0.05, 0.1) is 0 Å². The molecule has 1 fully saturated rings. The Bertz CT molecular complexity index is 613. The van der Waals surface area contributed by atoms with Crippen LogP contribution in [-0.4, -0.2) is 23.6 Å². The Labute approximate surface area is 123 Å². The van der Waals surface area contributed by atoms with Crippen LogP contribution in [0.3, 0.4) is 0 Å². The van der Waals surface area contributed by atoms with Gasteiger partial charge in [0.1, 0.15) is 24.3 Å². The molecule has 1 saturated heterocycles. The Hall–Kier alpha value is -2.40. The molecule has 1 aromatic heterocycles. The highest BCUT2D eigenvalue weighted by Crippen LogP contribution is 2.22. The topological polar surface area (TPSA) is 51.7 Å². The van der Waals surface area contributed by atoms with E-state index >= 15 is 0 Å². The van der Waals surface area contributed by atoms with Gasteiger partial charge in [0.25, 0.3) is 0 Å². The van der Waals surface area contributed by atoms with Gasteiger partial charge < -0.3 is 14.4 Å². The average molecular weight is 283 g/mol.